The van der Waals surface area contributed by atoms with E-state index in [-0.39, 0.29) is 31.3 Å². The molecule has 1 aromatic heterocycles. The lowest BCUT2D eigenvalue weighted by Gasteiger charge is -2.30. The number of carbonyl (C=O) groups excluding carboxylic acids is 1. The van der Waals surface area contributed by atoms with E-state index in [9.17, 15) is 14.4 Å². The summed E-state index contributed by atoms with van der Waals surface area (Å²) in [5, 5.41) is 8.96. The number of benzene rings is 1. The van der Waals surface area contributed by atoms with Crippen LogP contribution in [-0.2, 0) is 20.9 Å². The molecule has 22 heavy (non-hydrogen) atoms. The number of H-pyrrole nitrogens is 1. The zero-order valence-corrected chi connectivity index (χ0v) is 11.7. The molecule has 1 aliphatic rings. The zero-order valence-electron chi connectivity index (χ0n) is 11.7. The Morgan fingerprint density at radius 1 is 1.36 bits per heavy atom. The van der Waals surface area contributed by atoms with Crippen LogP contribution in [0, 0.1) is 0 Å². The highest BCUT2D eigenvalue weighted by molar-refractivity contribution is 5.81. The molecule has 116 valence electrons. The van der Waals surface area contributed by atoms with Gasteiger partial charge in [0.1, 0.15) is 6.54 Å². The molecule has 0 aliphatic carbocycles. The average Bonchev–Trinajstić information content (AvgIpc) is 2.83. The molecule has 0 spiro atoms. The first-order valence-corrected chi connectivity index (χ1v) is 6.86. The summed E-state index contributed by atoms with van der Waals surface area (Å²) in [6.07, 6.45) is -1.02. The summed E-state index contributed by atoms with van der Waals surface area (Å²) in [4.78, 5) is 39.3. The SMILES string of the molecule is O=C(O)C1CN(C(=O)Cn2c(=O)[nH]c3ccccc32)CCO1. The molecule has 1 saturated heterocycles. The Morgan fingerprint density at radius 2 is 2.14 bits per heavy atom. The average molecular weight is 305 g/mol. The number of ether oxygens (including phenoxy) is 1. The molecule has 1 unspecified atom stereocenters. The molecule has 1 fully saturated rings. The molecule has 1 amide bonds. The highest BCUT2D eigenvalue weighted by Gasteiger charge is 2.29. The van der Waals surface area contributed by atoms with Crippen LogP contribution >= 0.6 is 0 Å². The summed E-state index contributed by atoms with van der Waals surface area (Å²) in [6.45, 7) is 0.353. The smallest absolute Gasteiger partial charge is 0.334 e. The summed E-state index contributed by atoms with van der Waals surface area (Å²) in [7, 11) is 0. The molecule has 2 N–H and O–H groups in total. The molecule has 1 atom stereocenters. The predicted molar refractivity (Wildman–Crippen MR) is 76.5 cm³/mol. The predicted octanol–water partition coefficient (Wildman–Crippen LogP) is -0.358. The molecule has 8 nitrogen and oxygen atoms in total. The lowest BCUT2D eigenvalue weighted by molar-refractivity contribution is -0.159. The minimum absolute atomic E-state index is 0.00866. The summed E-state index contributed by atoms with van der Waals surface area (Å²) in [5.41, 5.74) is 0.937. The van der Waals surface area contributed by atoms with Gasteiger partial charge >= 0.3 is 11.7 Å². The summed E-state index contributed by atoms with van der Waals surface area (Å²) >= 11 is 0. The number of carbonyl (C=O) groups is 2. The quantitative estimate of drug-likeness (QED) is 0.806. The second kappa shape index (κ2) is 5.64. The normalized spacial score (nSPS) is 18.5. The fourth-order valence-corrected chi connectivity index (χ4v) is 2.52. The second-order valence-electron chi connectivity index (χ2n) is 5.07. The number of aromatic amines is 1. The Morgan fingerprint density at radius 3 is 2.91 bits per heavy atom. The first-order chi connectivity index (χ1) is 10.6. The van der Waals surface area contributed by atoms with Crippen molar-refractivity contribution in [1.82, 2.24) is 14.5 Å². The van der Waals surface area contributed by atoms with Gasteiger partial charge in [0.15, 0.2) is 6.10 Å². The van der Waals surface area contributed by atoms with E-state index in [0.29, 0.717) is 17.6 Å². The van der Waals surface area contributed by atoms with Gasteiger partial charge in [0.2, 0.25) is 5.91 Å². The third-order valence-corrected chi connectivity index (χ3v) is 3.67. The van der Waals surface area contributed by atoms with Crippen molar-refractivity contribution in [2.45, 2.75) is 12.6 Å². The van der Waals surface area contributed by atoms with Crippen molar-refractivity contribution in [3.63, 3.8) is 0 Å². The van der Waals surface area contributed by atoms with Crippen LogP contribution in [0.5, 0.6) is 0 Å². The number of hydrogen-bond donors (Lipinski definition) is 2. The Labute approximate surface area is 124 Å². The van der Waals surface area contributed by atoms with Crippen molar-refractivity contribution in [3.05, 3.63) is 34.7 Å². The maximum Gasteiger partial charge on any atom is 0.334 e. The molecule has 8 heteroatoms. The Kier molecular flexibility index (Phi) is 3.68. The molecule has 0 saturated carbocycles. The summed E-state index contributed by atoms with van der Waals surface area (Å²) < 4.78 is 6.43. The van der Waals surface area contributed by atoms with Crippen molar-refractivity contribution in [2.75, 3.05) is 19.7 Å². The number of aromatic nitrogens is 2. The van der Waals surface area contributed by atoms with E-state index in [1.807, 2.05) is 0 Å². The van der Waals surface area contributed by atoms with Gasteiger partial charge in [-0.15, -0.1) is 0 Å². The summed E-state index contributed by atoms with van der Waals surface area (Å²) in [6, 6.07) is 7.09. The van der Waals surface area contributed by atoms with Crippen molar-refractivity contribution in [3.8, 4) is 0 Å². The van der Waals surface area contributed by atoms with E-state index >= 15 is 0 Å². The monoisotopic (exact) mass is 305 g/mol. The number of nitrogens with zero attached hydrogens (tertiary/aromatic N) is 2. The molecule has 2 aromatic rings. The number of hydrogen-bond acceptors (Lipinski definition) is 4. The number of nitrogens with one attached hydrogen (secondary N) is 1. The number of carboxylic acid groups (broad SMARTS) is 1. The van der Waals surface area contributed by atoms with Gasteiger partial charge in [-0.25, -0.2) is 9.59 Å². The Hall–Kier alpha value is -2.61. The van der Waals surface area contributed by atoms with Crippen molar-refractivity contribution >= 4 is 22.9 Å². The first kappa shape index (κ1) is 14.3. The molecule has 3 rings (SSSR count). The van der Waals surface area contributed by atoms with Gasteiger partial charge in [0.05, 0.1) is 24.2 Å². The second-order valence-corrected chi connectivity index (χ2v) is 5.07. The maximum atomic E-state index is 12.3. The van der Waals surface area contributed by atoms with Gasteiger partial charge in [-0.05, 0) is 12.1 Å². The Balaban J connectivity index is 1.80. The van der Waals surface area contributed by atoms with Crippen LogP contribution in [0.25, 0.3) is 11.0 Å². The minimum Gasteiger partial charge on any atom is -0.479 e. The molecule has 1 aliphatic heterocycles. The lowest BCUT2D eigenvalue weighted by Crippen LogP contribution is -2.49. The van der Waals surface area contributed by atoms with Crippen LogP contribution in [0.4, 0.5) is 0 Å². The number of morpholine rings is 1. The van der Waals surface area contributed by atoms with Gasteiger partial charge in [0, 0.05) is 6.54 Å². The van der Waals surface area contributed by atoms with Crippen molar-refractivity contribution in [1.29, 1.82) is 0 Å². The van der Waals surface area contributed by atoms with Crippen LogP contribution in [0.3, 0.4) is 0 Å². The molecule has 0 radical (unpaired) electrons. The van der Waals surface area contributed by atoms with E-state index < -0.39 is 12.1 Å². The molecular weight excluding hydrogens is 290 g/mol. The lowest BCUT2D eigenvalue weighted by atomic mass is 10.2. The van der Waals surface area contributed by atoms with Gasteiger partial charge in [0.25, 0.3) is 0 Å². The van der Waals surface area contributed by atoms with Crippen LogP contribution in [0.2, 0.25) is 0 Å². The third-order valence-electron chi connectivity index (χ3n) is 3.67. The van der Waals surface area contributed by atoms with Gasteiger partial charge < -0.3 is 19.7 Å². The van der Waals surface area contributed by atoms with E-state index in [4.69, 9.17) is 9.84 Å². The molecule has 0 bridgehead atoms. The van der Waals surface area contributed by atoms with E-state index in [1.165, 1.54) is 9.47 Å². The van der Waals surface area contributed by atoms with Crippen molar-refractivity contribution < 1.29 is 19.4 Å². The van der Waals surface area contributed by atoms with E-state index in [0.717, 1.165) is 0 Å². The number of para-hydroxylation sites is 2. The molecule has 1 aromatic carbocycles. The zero-order chi connectivity index (χ0) is 15.7. The third kappa shape index (κ3) is 2.60. The highest BCUT2D eigenvalue weighted by atomic mass is 16.5. The number of aliphatic carboxylic acids is 1. The first-order valence-electron chi connectivity index (χ1n) is 6.86. The van der Waals surface area contributed by atoms with Gasteiger partial charge in [-0.3, -0.25) is 9.36 Å². The number of fused-ring (bicyclic) bond motifs is 1. The fourth-order valence-electron chi connectivity index (χ4n) is 2.52. The van der Waals surface area contributed by atoms with Gasteiger partial charge in [-0.2, -0.15) is 0 Å². The van der Waals surface area contributed by atoms with Crippen LogP contribution < -0.4 is 5.69 Å². The number of amides is 1. The van der Waals surface area contributed by atoms with Crippen LogP contribution in [-0.4, -0.2) is 57.2 Å². The number of rotatable bonds is 3. The minimum atomic E-state index is -1.10. The Bertz CT molecular complexity index is 778. The largest absolute Gasteiger partial charge is 0.479 e. The van der Waals surface area contributed by atoms with E-state index in [1.54, 1.807) is 24.3 Å². The van der Waals surface area contributed by atoms with Gasteiger partial charge in [-0.1, -0.05) is 12.1 Å². The van der Waals surface area contributed by atoms with Crippen LogP contribution in [0.1, 0.15) is 0 Å². The number of imidazole rings is 1. The topological polar surface area (TPSA) is 105 Å². The standard InChI is InChI=1S/C14H15N3O5/c18-12(16-5-6-22-11(7-16)13(19)20)8-17-10-4-2-1-3-9(10)15-14(17)21/h1-4,11H,5-8H2,(H,15,21)(H,19,20). The number of carboxylic acids is 1. The molecule has 2 heterocycles. The highest BCUT2D eigenvalue weighted by Crippen LogP contribution is 2.11. The summed E-state index contributed by atoms with van der Waals surface area (Å²) in [5.74, 6) is -1.40. The van der Waals surface area contributed by atoms with E-state index in [2.05, 4.69) is 4.98 Å². The van der Waals surface area contributed by atoms with Crippen molar-refractivity contribution in [2.24, 2.45) is 0 Å². The fraction of sp³-hybridized carbons (Fsp3) is 0.357. The maximum absolute atomic E-state index is 12.3. The van der Waals surface area contributed by atoms with Crippen LogP contribution in [0.15, 0.2) is 29.1 Å². The molecular formula is C14H15N3O5.